The van der Waals surface area contributed by atoms with Crippen molar-refractivity contribution in [3.8, 4) is 0 Å². The molecular formula is C18H34N4O7. The van der Waals surface area contributed by atoms with Gasteiger partial charge in [-0.15, -0.1) is 0 Å². The highest BCUT2D eigenvalue weighted by Crippen LogP contribution is 2.06. The number of nitrogens with one attached hydrogen (secondary N) is 3. The van der Waals surface area contributed by atoms with Crippen LogP contribution in [0.25, 0.3) is 0 Å². The van der Waals surface area contributed by atoms with E-state index in [0.29, 0.717) is 0 Å². The van der Waals surface area contributed by atoms with Crippen LogP contribution in [0.3, 0.4) is 0 Å². The predicted octanol–water partition coefficient (Wildman–Crippen LogP) is -2.07. The molecule has 0 spiro atoms. The minimum atomic E-state index is -1.40. The van der Waals surface area contributed by atoms with Gasteiger partial charge in [-0.2, -0.15) is 0 Å². The Morgan fingerprint density at radius 3 is 1.76 bits per heavy atom. The van der Waals surface area contributed by atoms with E-state index in [1.165, 1.54) is 6.92 Å². The molecule has 0 rings (SSSR count). The number of hydrogen-bond acceptors (Lipinski definition) is 7. The lowest BCUT2D eigenvalue weighted by molar-refractivity contribution is -0.143. The summed E-state index contributed by atoms with van der Waals surface area (Å²) in [6.07, 6.45) is -0.953. The van der Waals surface area contributed by atoms with Crippen LogP contribution in [0, 0.1) is 11.8 Å². The largest absolute Gasteiger partial charge is 0.480 e. The highest BCUT2D eigenvalue weighted by Gasteiger charge is 2.32. The summed E-state index contributed by atoms with van der Waals surface area (Å²) in [6.45, 7) is 7.45. The summed E-state index contributed by atoms with van der Waals surface area (Å²) < 4.78 is 0. The zero-order chi connectivity index (χ0) is 22.9. The Bertz CT molecular complexity index is 581. The molecule has 0 fully saturated rings. The van der Waals surface area contributed by atoms with Gasteiger partial charge in [0.15, 0.2) is 0 Å². The highest BCUT2D eigenvalue weighted by atomic mass is 16.4. The van der Waals surface area contributed by atoms with E-state index in [4.69, 9.17) is 5.73 Å². The van der Waals surface area contributed by atoms with Gasteiger partial charge < -0.3 is 37.0 Å². The Labute approximate surface area is 170 Å². The number of carboxylic acid groups (broad SMARTS) is 1. The highest BCUT2D eigenvalue weighted by molar-refractivity contribution is 5.94. The van der Waals surface area contributed by atoms with Gasteiger partial charge in [-0.1, -0.05) is 27.7 Å². The molecule has 0 saturated carbocycles. The molecule has 0 aliphatic heterocycles. The lowest BCUT2D eigenvalue weighted by Gasteiger charge is -2.26. The normalized spacial score (nSPS) is 16.5. The van der Waals surface area contributed by atoms with E-state index in [0.717, 1.165) is 0 Å². The SMILES string of the molecule is CC(C)CC(NC(=O)C(CO)NC(=O)C(NC(=O)C(N)C(C)O)C(C)C)C(=O)O. The number of carboxylic acids is 1. The first kappa shape index (κ1) is 26.8. The molecule has 0 aromatic rings. The number of aliphatic hydroxyl groups excluding tert-OH is 2. The summed E-state index contributed by atoms with van der Waals surface area (Å²) in [4.78, 5) is 48.2. The maximum atomic E-state index is 12.5. The van der Waals surface area contributed by atoms with Crippen molar-refractivity contribution in [2.75, 3.05) is 6.61 Å². The van der Waals surface area contributed by atoms with Crippen molar-refractivity contribution in [2.45, 2.75) is 71.3 Å². The van der Waals surface area contributed by atoms with E-state index in [-0.39, 0.29) is 12.3 Å². The second-order valence-electron chi connectivity index (χ2n) is 7.77. The van der Waals surface area contributed by atoms with E-state index in [9.17, 15) is 34.5 Å². The van der Waals surface area contributed by atoms with Gasteiger partial charge in [0.2, 0.25) is 17.7 Å². The van der Waals surface area contributed by atoms with E-state index in [2.05, 4.69) is 16.0 Å². The Balaban J connectivity index is 5.17. The van der Waals surface area contributed by atoms with Crippen LogP contribution in [0.2, 0.25) is 0 Å². The third kappa shape index (κ3) is 9.20. The molecule has 0 bridgehead atoms. The molecule has 8 N–H and O–H groups in total. The van der Waals surface area contributed by atoms with E-state index in [1.807, 2.05) is 0 Å². The van der Waals surface area contributed by atoms with Gasteiger partial charge in [-0.05, 0) is 25.2 Å². The minimum absolute atomic E-state index is 0.00257. The molecule has 168 valence electrons. The molecule has 0 saturated heterocycles. The summed E-state index contributed by atoms with van der Waals surface area (Å²) in [5, 5.41) is 35.1. The van der Waals surface area contributed by atoms with Crippen molar-refractivity contribution in [2.24, 2.45) is 17.6 Å². The summed E-state index contributed by atoms with van der Waals surface area (Å²) in [5.74, 6) is -3.98. The van der Waals surface area contributed by atoms with Crippen LogP contribution in [0.5, 0.6) is 0 Å². The van der Waals surface area contributed by atoms with Gasteiger partial charge in [0, 0.05) is 0 Å². The molecule has 0 aromatic carbocycles. The van der Waals surface area contributed by atoms with Crippen LogP contribution < -0.4 is 21.7 Å². The van der Waals surface area contributed by atoms with Crippen molar-refractivity contribution in [3.63, 3.8) is 0 Å². The van der Waals surface area contributed by atoms with Crippen LogP contribution >= 0.6 is 0 Å². The summed E-state index contributed by atoms with van der Waals surface area (Å²) in [5.41, 5.74) is 5.55. The number of rotatable bonds is 12. The Morgan fingerprint density at radius 1 is 0.862 bits per heavy atom. The average molecular weight is 418 g/mol. The molecule has 11 nitrogen and oxygen atoms in total. The van der Waals surface area contributed by atoms with Crippen LogP contribution in [0.1, 0.15) is 41.0 Å². The first-order valence-corrected chi connectivity index (χ1v) is 9.50. The molecule has 0 radical (unpaired) electrons. The number of aliphatic hydroxyl groups is 2. The monoisotopic (exact) mass is 418 g/mol. The summed E-state index contributed by atoms with van der Waals surface area (Å²) in [6, 6.07) is -4.90. The predicted molar refractivity (Wildman–Crippen MR) is 104 cm³/mol. The van der Waals surface area contributed by atoms with Crippen LogP contribution in [0.4, 0.5) is 0 Å². The first-order chi connectivity index (χ1) is 13.3. The van der Waals surface area contributed by atoms with Crippen LogP contribution in [-0.4, -0.2) is 75.9 Å². The third-order valence-corrected chi connectivity index (χ3v) is 4.21. The molecule has 29 heavy (non-hydrogen) atoms. The van der Waals surface area contributed by atoms with Gasteiger partial charge in [0.25, 0.3) is 0 Å². The van der Waals surface area contributed by atoms with Gasteiger partial charge in [0.1, 0.15) is 24.2 Å². The molecule has 0 heterocycles. The lowest BCUT2D eigenvalue weighted by Crippen LogP contribution is -2.60. The van der Waals surface area contributed by atoms with Crippen LogP contribution in [0.15, 0.2) is 0 Å². The second-order valence-corrected chi connectivity index (χ2v) is 7.77. The maximum absolute atomic E-state index is 12.5. The molecule has 11 heteroatoms. The molecule has 0 aliphatic carbocycles. The van der Waals surface area contributed by atoms with Crippen LogP contribution in [-0.2, 0) is 19.2 Å². The smallest absolute Gasteiger partial charge is 0.326 e. The molecule has 0 aliphatic rings. The molecule has 3 amide bonds. The average Bonchev–Trinajstić information content (AvgIpc) is 2.61. The molecule has 5 atom stereocenters. The number of amides is 3. The number of aliphatic carboxylic acids is 1. The van der Waals surface area contributed by atoms with Gasteiger partial charge in [0.05, 0.1) is 12.7 Å². The van der Waals surface area contributed by atoms with Crippen molar-refractivity contribution in [1.29, 1.82) is 0 Å². The number of carbonyl (C=O) groups excluding carboxylic acids is 3. The zero-order valence-corrected chi connectivity index (χ0v) is 17.5. The fourth-order valence-electron chi connectivity index (χ4n) is 2.42. The first-order valence-electron chi connectivity index (χ1n) is 9.50. The van der Waals surface area contributed by atoms with Crippen molar-refractivity contribution in [1.82, 2.24) is 16.0 Å². The maximum Gasteiger partial charge on any atom is 0.326 e. The second kappa shape index (κ2) is 12.3. The Kier molecular flexibility index (Phi) is 11.4. The fraction of sp³-hybridized carbons (Fsp3) is 0.778. The van der Waals surface area contributed by atoms with E-state index in [1.54, 1.807) is 27.7 Å². The molecule has 0 aromatic heterocycles. The van der Waals surface area contributed by atoms with E-state index >= 15 is 0 Å². The lowest BCUT2D eigenvalue weighted by atomic mass is 10.0. The van der Waals surface area contributed by atoms with Gasteiger partial charge in [-0.25, -0.2) is 4.79 Å². The molecular weight excluding hydrogens is 384 g/mol. The number of nitrogens with two attached hydrogens (primary N) is 1. The Hall–Kier alpha value is -2.24. The summed E-state index contributed by atoms with van der Waals surface area (Å²) in [7, 11) is 0. The topological polar surface area (TPSA) is 191 Å². The Morgan fingerprint density at radius 2 is 1.38 bits per heavy atom. The minimum Gasteiger partial charge on any atom is -0.480 e. The van der Waals surface area contributed by atoms with Crippen molar-refractivity contribution < 1.29 is 34.5 Å². The number of hydrogen-bond donors (Lipinski definition) is 7. The standard InChI is InChI=1S/C18H34N4O7/c1-8(2)6-11(18(28)29)20-15(25)12(7-23)21-17(27)14(9(3)4)22-16(26)13(19)10(5)24/h8-14,23-24H,6-7,19H2,1-5H3,(H,20,25)(H,21,27)(H,22,26)(H,28,29). The third-order valence-electron chi connectivity index (χ3n) is 4.21. The zero-order valence-electron chi connectivity index (χ0n) is 17.5. The van der Waals surface area contributed by atoms with E-state index < -0.39 is 66.5 Å². The fourth-order valence-corrected chi connectivity index (χ4v) is 2.42. The van der Waals surface area contributed by atoms with Crippen molar-refractivity contribution >= 4 is 23.7 Å². The quantitative estimate of drug-likeness (QED) is 0.188. The summed E-state index contributed by atoms with van der Waals surface area (Å²) >= 11 is 0. The number of carbonyl (C=O) groups is 4. The van der Waals surface area contributed by atoms with Gasteiger partial charge >= 0.3 is 5.97 Å². The van der Waals surface area contributed by atoms with Crippen molar-refractivity contribution in [3.05, 3.63) is 0 Å². The van der Waals surface area contributed by atoms with Gasteiger partial charge in [-0.3, -0.25) is 14.4 Å². The molecule has 5 unspecified atom stereocenters.